The smallest absolute Gasteiger partial charge is 0.339 e. The minimum Gasteiger partial charge on any atom is -0.452 e. The number of nitrogens with zero attached hydrogens (tertiary/aromatic N) is 3. The summed E-state index contributed by atoms with van der Waals surface area (Å²) in [5.74, 6) is -0.967. The Morgan fingerprint density at radius 1 is 1.19 bits per heavy atom. The first-order valence-corrected chi connectivity index (χ1v) is 10.6. The van der Waals surface area contributed by atoms with E-state index in [4.69, 9.17) is 20.9 Å². The number of likely N-dealkylation sites (N-methyl/N-ethyl adjacent to an activating group) is 1. The van der Waals surface area contributed by atoms with E-state index in [2.05, 4.69) is 10.1 Å². The third-order valence-corrected chi connectivity index (χ3v) is 5.90. The van der Waals surface area contributed by atoms with Crippen LogP contribution < -0.4 is 0 Å². The standard InChI is InChI=1S/C22H18ClN3O4S/c1-13-20-16(10-17(24-21(20)30-25-13)14-6-4-3-5-7-14)22(28)29-12-19(27)26(2)11-15-8-9-18(23)31-15/h3-10H,11-12H2,1-2H3. The van der Waals surface area contributed by atoms with Gasteiger partial charge in [-0.2, -0.15) is 0 Å². The number of carbonyl (C=O) groups is 2. The van der Waals surface area contributed by atoms with Crippen LogP contribution in [0.15, 0.2) is 53.1 Å². The lowest BCUT2D eigenvalue weighted by Crippen LogP contribution is -2.30. The van der Waals surface area contributed by atoms with E-state index in [1.165, 1.54) is 16.2 Å². The van der Waals surface area contributed by atoms with E-state index in [0.29, 0.717) is 27.7 Å². The molecule has 0 saturated heterocycles. The van der Waals surface area contributed by atoms with Gasteiger partial charge in [-0.25, -0.2) is 9.78 Å². The zero-order valence-electron chi connectivity index (χ0n) is 16.8. The highest BCUT2D eigenvalue weighted by Gasteiger charge is 2.22. The molecule has 7 nitrogen and oxygen atoms in total. The number of aryl methyl sites for hydroxylation is 1. The van der Waals surface area contributed by atoms with Crippen LogP contribution in [-0.4, -0.2) is 40.6 Å². The molecular formula is C22H18ClN3O4S. The van der Waals surface area contributed by atoms with Crippen molar-refractivity contribution in [2.45, 2.75) is 13.5 Å². The van der Waals surface area contributed by atoms with Crippen molar-refractivity contribution in [1.29, 1.82) is 0 Å². The molecule has 1 aromatic carbocycles. The largest absolute Gasteiger partial charge is 0.452 e. The highest BCUT2D eigenvalue weighted by atomic mass is 35.5. The zero-order valence-corrected chi connectivity index (χ0v) is 18.4. The Bertz CT molecular complexity index is 1250. The van der Waals surface area contributed by atoms with Crippen LogP contribution in [-0.2, 0) is 16.1 Å². The number of ether oxygens (including phenoxy) is 1. The molecule has 158 valence electrons. The number of halogens is 1. The Labute approximate surface area is 187 Å². The van der Waals surface area contributed by atoms with Gasteiger partial charge in [0.15, 0.2) is 6.61 Å². The summed E-state index contributed by atoms with van der Waals surface area (Å²) < 4.78 is 11.3. The van der Waals surface area contributed by atoms with Crippen LogP contribution in [0.3, 0.4) is 0 Å². The molecule has 3 heterocycles. The number of thiophene rings is 1. The summed E-state index contributed by atoms with van der Waals surface area (Å²) >= 11 is 7.33. The van der Waals surface area contributed by atoms with Crippen LogP contribution in [0, 0.1) is 6.92 Å². The maximum Gasteiger partial charge on any atom is 0.339 e. The maximum atomic E-state index is 12.9. The summed E-state index contributed by atoms with van der Waals surface area (Å²) in [4.78, 5) is 32.2. The molecule has 0 N–H and O–H groups in total. The van der Waals surface area contributed by atoms with E-state index in [0.717, 1.165) is 10.4 Å². The molecule has 3 aromatic heterocycles. The number of rotatable bonds is 6. The Balaban J connectivity index is 1.53. The first-order valence-electron chi connectivity index (χ1n) is 9.40. The third-order valence-electron chi connectivity index (χ3n) is 4.68. The second kappa shape index (κ2) is 8.87. The molecule has 0 aliphatic carbocycles. The van der Waals surface area contributed by atoms with E-state index in [9.17, 15) is 9.59 Å². The minimum absolute atomic E-state index is 0.240. The van der Waals surface area contributed by atoms with E-state index in [1.54, 1.807) is 26.1 Å². The SMILES string of the molecule is Cc1noc2nc(-c3ccccc3)cc(C(=O)OCC(=O)N(C)Cc3ccc(Cl)s3)c12. The molecule has 0 bridgehead atoms. The van der Waals surface area contributed by atoms with Gasteiger partial charge in [-0.15, -0.1) is 11.3 Å². The summed E-state index contributed by atoms with van der Waals surface area (Å²) in [5.41, 5.74) is 2.38. The number of aromatic nitrogens is 2. The molecule has 9 heteroatoms. The number of fused-ring (bicyclic) bond motifs is 1. The van der Waals surface area contributed by atoms with Crippen LogP contribution >= 0.6 is 22.9 Å². The molecule has 0 radical (unpaired) electrons. The van der Waals surface area contributed by atoms with E-state index >= 15 is 0 Å². The fraction of sp³-hybridized carbons (Fsp3) is 0.182. The fourth-order valence-corrected chi connectivity index (χ4v) is 4.23. The van der Waals surface area contributed by atoms with Crippen molar-refractivity contribution < 1.29 is 18.8 Å². The predicted octanol–water partition coefficient (Wildman–Crippen LogP) is 4.73. The Morgan fingerprint density at radius 2 is 1.97 bits per heavy atom. The summed E-state index contributed by atoms with van der Waals surface area (Å²) in [7, 11) is 1.64. The van der Waals surface area contributed by atoms with Gasteiger partial charge in [0.1, 0.15) is 0 Å². The van der Waals surface area contributed by atoms with Gasteiger partial charge in [-0.3, -0.25) is 4.79 Å². The van der Waals surface area contributed by atoms with Crippen molar-refractivity contribution in [1.82, 2.24) is 15.0 Å². The second-order valence-corrected chi connectivity index (χ2v) is 8.70. The van der Waals surface area contributed by atoms with Crippen molar-refractivity contribution in [3.8, 4) is 11.3 Å². The molecular weight excluding hydrogens is 438 g/mol. The molecule has 4 aromatic rings. The van der Waals surface area contributed by atoms with Crippen LogP contribution in [0.5, 0.6) is 0 Å². The molecule has 0 spiro atoms. The summed E-state index contributed by atoms with van der Waals surface area (Å²) in [6.45, 7) is 1.72. The van der Waals surface area contributed by atoms with E-state index < -0.39 is 5.97 Å². The lowest BCUT2D eigenvalue weighted by atomic mass is 10.1. The van der Waals surface area contributed by atoms with Crippen molar-refractivity contribution in [3.63, 3.8) is 0 Å². The van der Waals surface area contributed by atoms with Gasteiger partial charge >= 0.3 is 5.97 Å². The van der Waals surface area contributed by atoms with Crippen LogP contribution in [0.25, 0.3) is 22.4 Å². The van der Waals surface area contributed by atoms with Crippen LogP contribution in [0.4, 0.5) is 0 Å². The van der Waals surface area contributed by atoms with Crippen molar-refractivity contribution in [2.75, 3.05) is 13.7 Å². The predicted molar refractivity (Wildman–Crippen MR) is 118 cm³/mol. The van der Waals surface area contributed by atoms with Crippen molar-refractivity contribution >= 4 is 45.9 Å². The first kappa shape index (κ1) is 21.0. The lowest BCUT2D eigenvalue weighted by molar-refractivity contribution is -0.133. The average molecular weight is 456 g/mol. The third kappa shape index (κ3) is 4.60. The fourth-order valence-electron chi connectivity index (χ4n) is 3.09. The molecule has 0 aliphatic heterocycles. The highest BCUT2D eigenvalue weighted by Crippen LogP contribution is 2.27. The monoisotopic (exact) mass is 455 g/mol. The maximum absolute atomic E-state index is 12.9. The highest BCUT2D eigenvalue weighted by molar-refractivity contribution is 7.16. The number of carbonyl (C=O) groups excluding carboxylic acids is 2. The van der Waals surface area contributed by atoms with Gasteiger partial charge in [0.2, 0.25) is 0 Å². The lowest BCUT2D eigenvalue weighted by Gasteiger charge is -2.16. The summed E-state index contributed by atoms with van der Waals surface area (Å²) in [6.07, 6.45) is 0. The quantitative estimate of drug-likeness (QED) is 0.391. The van der Waals surface area contributed by atoms with Gasteiger partial charge in [-0.1, -0.05) is 47.1 Å². The molecule has 0 unspecified atom stereocenters. The number of amides is 1. The number of pyridine rings is 1. The number of esters is 1. The molecule has 4 rings (SSSR count). The van der Waals surface area contributed by atoms with Gasteiger partial charge in [0.25, 0.3) is 11.6 Å². The van der Waals surface area contributed by atoms with Gasteiger partial charge < -0.3 is 14.2 Å². The minimum atomic E-state index is -0.642. The zero-order chi connectivity index (χ0) is 22.0. The number of hydrogen-bond acceptors (Lipinski definition) is 7. The molecule has 0 aliphatic rings. The Morgan fingerprint density at radius 3 is 2.68 bits per heavy atom. The van der Waals surface area contributed by atoms with Crippen LogP contribution in [0.2, 0.25) is 4.34 Å². The Kier molecular flexibility index (Phi) is 6.01. The summed E-state index contributed by atoms with van der Waals surface area (Å²) in [5, 5.41) is 4.39. The number of hydrogen-bond donors (Lipinski definition) is 0. The molecule has 0 fully saturated rings. The van der Waals surface area contributed by atoms with Crippen molar-refractivity contribution in [2.24, 2.45) is 0 Å². The van der Waals surface area contributed by atoms with Gasteiger partial charge in [-0.05, 0) is 25.1 Å². The molecule has 0 saturated carbocycles. The van der Waals surface area contributed by atoms with Crippen LogP contribution in [0.1, 0.15) is 20.9 Å². The van der Waals surface area contributed by atoms with E-state index in [-0.39, 0.29) is 23.8 Å². The molecule has 0 atom stereocenters. The first-order chi connectivity index (χ1) is 14.9. The number of benzene rings is 1. The Hall–Kier alpha value is -3.23. The topological polar surface area (TPSA) is 85.5 Å². The van der Waals surface area contributed by atoms with Gasteiger partial charge in [0, 0.05) is 17.5 Å². The van der Waals surface area contributed by atoms with E-state index in [1.807, 2.05) is 36.4 Å². The normalized spacial score (nSPS) is 10.9. The molecule has 31 heavy (non-hydrogen) atoms. The van der Waals surface area contributed by atoms with Crippen molar-refractivity contribution in [3.05, 3.63) is 69.0 Å². The summed E-state index contributed by atoms with van der Waals surface area (Å²) in [6, 6.07) is 14.7. The average Bonchev–Trinajstić information content (AvgIpc) is 3.36. The van der Waals surface area contributed by atoms with Gasteiger partial charge in [0.05, 0.1) is 33.2 Å². The molecule has 1 amide bonds. The second-order valence-electron chi connectivity index (χ2n) is 6.90.